The van der Waals surface area contributed by atoms with Gasteiger partial charge in [0.05, 0.1) is 17.2 Å². The number of aryl methyl sites for hydroxylation is 1. The molecular weight excluding hydrogens is 275 g/mol. The topological polar surface area (TPSA) is 70.5 Å². The number of benzene rings is 1. The Bertz CT molecular complexity index is 1040. The van der Waals surface area contributed by atoms with Gasteiger partial charge in [0.2, 0.25) is 0 Å². The summed E-state index contributed by atoms with van der Waals surface area (Å²) in [6, 6.07) is 4.22. The molecule has 0 fully saturated rings. The zero-order chi connectivity index (χ0) is 14.6. The van der Waals surface area contributed by atoms with Gasteiger partial charge < -0.3 is 0 Å². The van der Waals surface area contributed by atoms with Crippen LogP contribution in [-0.4, -0.2) is 28.9 Å². The highest BCUT2D eigenvalue weighted by Gasteiger charge is 2.15. The maximum Gasteiger partial charge on any atom is 0.349 e. The van der Waals surface area contributed by atoms with E-state index in [4.69, 9.17) is 0 Å². The molecule has 3 heterocycles. The summed E-state index contributed by atoms with van der Waals surface area (Å²) in [4.78, 5) is 24.7. The van der Waals surface area contributed by atoms with Gasteiger partial charge in [-0.3, -0.25) is 4.57 Å². The average molecular weight is 284 g/mol. The van der Waals surface area contributed by atoms with Crippen LogP contribution in [0.15, 0.2) is 41.8 Å². The summed E-state index contributed by atoms with van der Waals surface area (Å²) in [6.07, 6.45) is 4.38. The summed E-state index contributed by atoms with van der Waals surface area (Å²) in [5.41, 5.74) is 1.79. The first-order valence-corrected chi connectivity index (χ1v) is 6.17. The molecule has 0 amide bonds. The van der Waals surface area contributed by atoms with E-state index in [1.165, 1.54) is 38.7 Å². The molecule has 7 nitrogen and oxygen atoms in total. The van der Waals surface area contributed by atoms with Gasteiger partial charge in [-0.1, -0.05) is 0 Å². The van der Waals surface area contributed by atoms with Gasteiger partial charge in [-0.25, -0.2) is 28.8 Å². The fraction of sp³-hybridized carbons (Fsp3) is 0.0769. The Balaban J connectivity index is 2.17. The van der Waals surface area contributed by atoms with E-state index < -0.39 is 5.82 Å². The lowest BCUT2D eigenvalue weighted by molar-refractivity contribution is 0.621. The molecule has 0 aliphatic heterocycles. The van der Waals surface area contributed by atoms with Crippen molar-refractivity contribution >= 4 is 22.2 Å². The van der Waals surface area contributed by atoms with Crippen molar-refractivity contribution in [2.75, 3.05) is 0 Å². The first-order chi connectivity index (χ1) is 10.2. The molecule has 4 rings (SSSR count). The van der Waals surface area contributed by atoms with Crippen LogP contribution in [0.2, 0.25) is 0 Å². The largest absolute Gasteiger partial charge is 0.349 e. The SMILES string of the molecule is Cn1c(=O)n(-n2cnc3ccc(F)cc32)c2ncncc21. The highest BCUT2D eigenvalue weighted by atomic mass is 19.1. The average Bonchev–Trinajstić information content (AvgIpc) is 3.00. The summed E-state index contributed by atoms with van der Waals surface area (Å²) in [5.74, 6) is -0.396. The highest BCUT2D eigenvalue weighted by molar-refractivity contribution is 5.76. The summed E-state index contributed by atoms with van der Waals surface area (Å²) in [5, 5.41) is 0. The van der Waals surface area contributed by atoms with Crippen LogP contribution < -0.4 is 5.69 Å². The van der Waals surface area contributed by atoms with Crippen molar-refractivity contribution in [3.8, 4) is 0 Å². The standard InChI is InChI=1S/C13H9FN6O/c1-18-11-5-15-6-16-12(11)20(13(18)21)19-7-17-9-3-2-8(14)4-10(9)19/h2-7H,1H3. The van der Waals surface area contributed by atoms with E-state index in [0.717, 1.165) is 0 Å². The molecule has 0 aliphatic carbocycles. The molecule has 21 heavy (non-hydrogen) atoms. The second-order valence-corrected chi connectivity index (χ2v) is 4.61. The summed E-state index contributed by atoms with van der Waals surface area (Å²) in [7, 11) is 1.63. The van der Waals surface area contributed by atoms with Crippen LogP contribution >= 0.6 is 0 Å². The first-order valence-electron chi connectivity index (χ1n) is 6.17. The maximum atomic E-state index is 13.5. The van der Waals surface area contributed by atoms with E-state index in [1.807, 2.05) is 0 Å². The van der Waals surface area contributed by atoms with Crippen LogP contribution in [-0.2, 0) is 7.05 Å². The van der Waals surface area contributed by atoms with Gasteiger partial charge in [-0.2, -0.15) is 4.68 Å². The van der Waals surface area contributed by atoms with Gasteiger partial charge in [0.25, 0.3) is 0 Å². The van der Waals surface area contributed by atoms with E-state index >= 15 is 0 Å². The van der Waals surface area contributed by atoms with Crippen molar-refractivity contribution in [3.63, 3.8) is 0 Å². The van der Waals surface area contributed by atoms with Crippen LogP contribution in [0.25, 0.3) is 22.2 Å². The fourth-order valence-corrected chi connectivity index (χ4v) is 2.37. The normalized spacial score (nSPS) is 11.5. The Morgan fingerprint density at radius 2 is 2.05 bits per heavy atom. The zero-order valence-corrected chi connectivity index (χ0v) is 10.9. The van der Waals surface area contributed by atoms with Gasteiger partial charge in [-0.15, -0.1) is 0 Å². The van der Waals surface area contributed by atoms with Crippen molar-refractivity contribution in [3.05, 3.63) is 53.4 Å². The molecule has 3 aromatic heterocycles. The lowest BCUT2D eigenvalue weighted by atomic mass is 10.3. The van der Waals surface area contributed by atoms with E-state index in [0.29, 0.717) is 22.2 Å². The molecule has 0 saturated carbocycles. The molecule has 104 valence electrons. The second-order valence-electron chi connectivity index (χ2n) is 4.61. The Morgan fingerprint density at radius 1 is 1.19 bits per heavy atom. The van der Waals surface area contributed by atoms with Crippen LogP contribution in [0, 0.1) is 5.82 Å². The minimum absolute atomic E-state index is 0.311. The molecule has 0 unspecified atom stereocenters. The molecule has 8 heteroatoms. The number of hydrogen-bond acceptors (Lipinski definition) is 4. The van der Waals surface area contributed by atoms with Crippen LogP contribution in [0.3, 0.4) is 0 Å². The van der Waals surface area contributed by atoms with E-state index in [-0.39, 0.29) is 5.69 Å². The molecule has 0 radical (unpaired) electrons. The second kappa shape index (κ2) is 3.98. The lowest BCUT2D eigenvalue weighted by Crippen LogP contribution is -2.26. The lowest BCUT2D eigenvalue weighted by Gasteiger charge is -2.04. The summed E-state index contributed by atoms with van der Waals surface area (Å²) in [6.45, 7) is 0. The maximum absolute atomic E-state index is 13.5. The number of hydrogen-bond donors (Lipinski definition) is 0. The van der Waals surface area contributed by atoms with Crippen molar-refractivity contribution < 1.29 is 4.39 Å². The number of aromatic nitrogens is 6. The molecule has 0 bridgehead atoms. The molecule has 1 aromatic carbocycles. The third-order valence-corrected chi connectivity index (χ3v) is 3.41. The van der Waals surface area contributed by atoms with Crippen molar-refractivity contribution in [1.82, 2.24) is 28.9 Å². The molecule has 0 aliphatic rings. The Kier molecular flexibility index (Phi) is 2.23. The first kappa shape index (κ1) is 11.8. The van der Waals surface area contributed by atoms with Crippen molar-refractivity contribution in [1.29, 1.82) is 0 Å². The monoisotopic (exact) mass is 284 g/mol. The van der Waals surface area contributed by atoms with E-state index in [9.17, 15) is 9.18 Å². The Labute approximate surface area is 116 Å². The number of imidazole rings is 2. The smallest absolute Gasteiger partial charge is 0.291 e. The third kappa shape index (κ3) is 1.52. The van der Waals surface area contributed by atoms with Gasteiger partial charge >= 0.3 is 5.69 Å². The van der Waals surface area contributed by atoms with E-state index in [2.05, 4.69) is 15.0 Å². The fourth-order valence-electron chi connectivity index (χ4n) is 2.37. The minimum atomic E-state index is -0.396. The number of nitrogens with zero attached hydrogens (tertiary/aromatic N) is 6. The van der Waals surface area contributed by atoms with E-state index in [1.54, 1.807) is 19.3 Å². The molecule has 0 N–H and O–H groups in total. The minimum Gasteiger partial charge on any atom is -0.291 e. The van der Waals surface area contributed by atoms with Gasteiger partial charge in [-0.05, 0) is 12.1 Å². The third-order valence-electron chi connectivity index (χ3n) is 3.41. The van der Waals surface area contributed by atoms with Gasteiger partial charge in [0.15, 0.2) is 5.65 Å². The van der Waals surface area contributed by atoms with Crippen LogP contribution in [0.4, 0.5) is 4.39 Å². The van der Waals surface area contributed by atoms with Gasteiger partial charge in [0, 0.05) is 13.1 Å². The predicted molar refractivity (Wildman–Crippen MR) is 73.3 cm³/mol. The quantitative estimate of drug-likeness (QED) is 0.521. The molecule has 0 saturated heterocycles. The molecular formula is C13H9FN6O. The summed E-state index contributed by atoms with van der Waals surface area (Å²) >= 11 is 0. The molecule has 4 aromatic rings. The summed E-state index contributed by atoms with van der Waals surface area (Å²) < 4.78 is 17.7. The number of rotatable bonds is 1. The number of halogens is 1. The zero-order valence-electron chi connectivity index (χ0n) is 10.9. The Hall–Kier alpha value is -3.03. The van der Waals surface area contributed by atoms with Crippen LogP contribution in [0.1, 0.15) is 0 Å². The van der Waals surface area contributed by atoms with Gasteiger partial charge in [0.1, 0.15) is 24.0 Å². The Morgan fingerprint density at radius 3 is 2.90 bits per heavy atom. The molecule has 0 atom stereocenters. The van der Waals surface area contributed by atoms with Crippen molar-refractivity contribution in [2.24, 2.45) is 7.05 Å². The molecule has 0 spiro atoms. The predicted octanol–water partition coefficient (Wildman–Crippen LogP) is 0.930. The van der Waals surface area contributed by atoms with Crippen LogP contribution in [0.5, 0.6) is 0 Å². The van der Waals surface area contributed by atoms with Crippen molar-refractivity contribution in [2.45, 2.75) is 0 Å². The highest BCUT2D eigenvalue weighted by Crippen LogP contribution is 2.16. The number of fused-ring (bicyclic) bond motifs is 2.